The van der Waals surface area contributed by atoms with E-state index in [0.29, 0.717) is 15.8 Å². The molecule has 1 aromatic heterocycles. The van der Waals surface area contributed by atoms with E-state index in [0.717, 1.165) is 0 Å². The van der Waals surface area contributed by atoms with Gasteiger partial charge in [-0.05, 0) is 28.1 Å². The molecule has 2 aromatic rings. The summed E-state index contributed by atoms with van der Waals surface area (Å²) in [5.41, 5.74) is 6.87. The van der Waals surface area contributed by atoms with Crippen LogP contribution < -0.4 is 11.1 Å². The van der Waals surface area contributed by atoms with Gasteiger partial charge >= 0.3 is 0 Å². The summed E-state index contributed by atoms with van der Waals surface area (Å²) in [7, 11) is 0. The van der Waals surface area contributed by atoms with Gasteiger partial charge in [0.1, 0.15) is 5.82 Å². The molecule has 0 aliphatic carbocycles. The number of nitrogens with zero attached hydrogens (tertiary/aromatic N) is 1. The average Bonchev–Trinajstić information content (AvgIpc) is 2.27. The monoisotopic (exact) mass is 315 g/mol. The van der Waals surface area contributed by atoms with Crippen LogP contribution in [0.3, 0.4) is 0 Å². The van der Waals surface area contributed by atoms with Crippen molar-refractivity contribution in [3.05, 3.63) is 45.9 Å². The quantitative estimate of drug-likeness (QED) is 0.881. The lowest BCUT2D eigenvalue weighted by Crippen LogP contribution is -2.00. The first-order chi connectivity index (χ1) is 8.09. The molecule has 0 saturated heterocycles. The van der Waals surface area contributed by atoms with E-state index in [1.54, 1.807) is 12.3 Å². The van der Waals surface area contributed by atoms with Crippen LogP contribution in [-0.2, 0) is 0 Å². The summed E-state index contributed by atoms with van der Waals surface area (Å²) >= 11 is 9.19. The van der Waals surface area contributed by atoms with Gasteiger partial charge in [-0.2, -0.15) is 0 Å². The molecule has 0 aliphatic rings. The number of rotatable bonds is 2. The molecule has 0 spiro atoms. The number of anilines is 3. The van der Waals surface area contributed by atoms with Crippen molar-refractivity contribution < 1.29 is 4.39 Å². The molecule has 0 aliphatic heterocycles. The number of para-hydroxylation sites is 1. The topological polar surface area (TPSA) is 50.9 Å². The summed E-state index contributed by atoms with van der Waals surface area (Å²) in [4.78, 5) is 3.89. The maximum atomic E-state index is 13.6. The first-order valence-electron chi connectivity index (χ1n) is 4.69. The van der Waals surface area contributed by atoms with Crippen LogP contribution in [0.5, 0.6) is 0 Å². The standard InChI is InChI=1S/C11H8BrClFN3/c12-6-4-16-5-9(15)10(6)17-11-7(13)2-1-3-8(11)14/h1-5H,15H2,(H,16,17). The van der Waals surface area contributed by atoms with Crippen LogP contribution in [0.4, 0.5) is 21.5 Å². The fourth-order valence-corrected chi connectivity index (χ4v) is 1.98. The number of hydrogen-bond donors (Lipinski definition) is 2. The van der Waals surface area contributed by atoms with E-state index >= 15 is 0 Å². The zero-order chi connectivity index (χ0) is 12.4. The highest BCUT2D eigenvalue weighted by Crippen LogP contribution is 2.34. The maximum Gasteiger partial charge on any atom is 0.148 e. The van der Waals surface area contributed by atoms with E-state index in [1.807, 2.05) is 0 Å². The molecule has 2 rings (SSSR count). The molecule has 0 bridgehead atoms. The molecule has 0 fully saturated rings. The molecule has 3 nitrogen and oxygen atoms in total. The average molecular weight is 317 g/mol. The lowest BCUT2D eigenvalue weighted by atomic mass is 10.2. The first-order valence-corrected chi connectivity index (χ1v) is 5.86. The minimum Gasteiger partial charge on any atom is -0.396 e. The number of nitrogen functional groups attached to an aromatic ring is 1. The molecule has 88 valence electrons. The SMILES string of the molecule is Nc1cncc(Br)c1Nc1c(F)cccc1Cl. The largest absolute Gasteiger partial charge is 0.396 e. The van der Waals surface area contributed by atoms with E-state index in [1.165, 1.54) is 18.3 Å². The van der Waals surface area contributed by atoms with Crippen LogP contribution >= 0.6 is 27.5 Å². The lowest BCUT2D eigenvalue weighted by Gasteiger charge is -2.12. The first kappa shape index (κ1) is 12.1. The molecule has 0 atom stereocenters. The molecule has 3 N–H and O–H groups in total. The Morgan fingerprint density at radius 3 is 2.71 bits per heavy atom. The highest BCUT2D eigenvalue weighted by atomic mass is 79.9. The minimum absolute atomic E-state index is 0.188. The van der Waals surface area contributed by atoms with Gasteiger partial charge in [0.25, 0.3) is 0 Å². The number of hydrogen-bond acceptors (Lipinski definition) is 3. The van der Waals surface area contributed by atoms with Crippen molar-refractivity contribution in [3.8, 4) is 0 Å². The maximum absolute atomic E-state index is 13.6. The Balaban J connectivity index is 2.45. The molecule has 1 heterocycles. The van der Waals surface area contributed by atoms with Gasteiger partial charge in [0, 0.05) is 6.20 Å². The van der Waals surface area contributed by atoms with Crippen molar-refractivity contribution in [1.82, 2.24) is 4.98 Å². The Hall–Kier alpha value is -1.33. The Labute approximate surface area is 111 Å². The number of pyridine rings is 1. The zero-order valence-corrected chi connectivity index (χ0v) is 10.9. The van der Waals surface area contributed by atoms with Gasteiger partial charge in [-0.3, -0.25) is 4.98 Å². The summed E-state index contributed by atoms with van der Waals surface area (Å²) in [5.74, 6) is -0.444. The van der Waals surface area contributed by atoms with Crippen molar-refractivity contribution >= 4 is 44.6 Å². The Morgan fingerprint density at radius 2 is 2.06 bits per heavy atom. The summed E-state index contributed by atoms with van der Waals surface area (Å²) in [6.45, 7) is 0. The van der Waals surface area contributed by atoms with Gasteiger partial charge in [0.15, 0.2) is 0 Å². The molecule has 17 heavy (non-hydrogen) atoms. The third-order valence-corrected chi connectivity index (χ3v) is 3.06. The van der Waals surface area contributed by atoms with Crippen molar-refractivity contribution in [2.75, 3.05) is 11.1 Å². The highest BCUT2D eigenvalue weighted by Gasteiger charge is 2.11. The molecule has 0 amide bonds. The van der Waals surface area contributed by atoms with Crippen molar-refractivity contribution in [2.24, 2.45) is 0 Å². The van der Waals surface area contributed by atoms with Gasteiger partial charge in [0.2, 0.25) is 0 Å². The predicted molar refractivity (Wildman–Crippen MR) is 71.0 cm³/mol. The zero-order valence-electron chi connectivity index (χ0n) is 8.55. The third kappa shape index (κ3) is 2.50. The van der Waals surface area contributed by atoms with E-state index in [4.69, 9.17) is 17.3 Å². The molecular weight excluding hydrogens is 308 g/mol. The number of benzene rings is 1. The summed E-state index contributed by atoms with van der Waals surface area (Å²) in [6, 6.07) is 4.45. The fourth-order valence-electron chi connectivity index (χ4n) is 1.32. The van der Waals surface area contributed by atoms with E-state index in [-0.39, 0.29) is 10.7 Å². The Kier molecular flexibility index (Phi) is 3.49. The van der Waals surface area contributed by atoms with Crippen molar-refractivity contribution in [1.29, 1.82) is 0 Å². The Bertz CT molecular complexity index is 472. The van der Waals surface area contributed by atoms with E-state index in [9.17, 15) is 4.39 Å². The molecule has 0 saturated carbocycles. The van der Waals surface area contributed by atoms with Crippen LogP contribution in [-0.4, -0.2) is 4.98 Å². The molecule has 6 heteroatoms. The summed E-state index contributed by atoms with van der Waals surface area (Å²) in [5, 5.41) is 3.14. The van der Waals surface area contributed by atoms with Gasteiger partial charge in [-0.1, -0.05) is 17.7 Å². The fraction of sp³-hybridized carbons (Fsp3) is 0. The second-order valence-electron chi connectivity index (χ2n) is 3.31. The molecule has 0 radical (unpaired) electrons. The van der Waals surface area contributed by atoms with Gasteiger partial charge in [0.05, 0.1) is 32.8 Å². The number of nitrogens with one attached hydrogen (secondary N) is 1. The second kappa shape index (κ2) is 4.89. The Morgan fingerprint density at radius 1 is 1.29 bits per heavy atom. The summed E-state index contributed by atoms with van der Waals surface area (Å²) in [6.07, 6.45) is 3.04. The van der Waals surface area contributed by atoms with Gasteiger partial charge in [-0.25, -0.2) is 4.39 Å². The number of nitrogens with two attached hydrogens (primary N) is 1. The van der Waals surface area contributed by atoms with Crippen LogP contribution in [0.25, 0.3) is 0 Å². The van der Waals surface area contributed by atoms with Crippen LogP contribution in [0, 0.1) is 5.82 Å². The van der Waals surface area contributed by atoms with Crippen molar-refractivity contribution in [3.63, 3.8) is 0 Å². The minimum atomic E-state index is -0.444. The van der Waals surface area contributed by atoms with E-state index in [2.05, 4.69) is 26.2 Å². The molecule has 0 unspecified atom stereocenters. The lowest BCUT2D eigenvalue weighted by molar-refractivity contribution is 0.632. The number of aromatic nitrogens is 1. The summed E-state index contributed by atoms with van der Waals surface area (Å²) < 4.78 is 14.2. The van der Waals surface area contributed by atoms with Gasteiger partial charge < -0.3 is 11.1 Å². The smallest absolute Gasteiger partial charge is 0.148 e. The van der Waals surface area contributed by atoms with Crippen LogP contribution in [0.1, 0.15) is 0 Å². The molecule has 1 aromatic carbocycles. The van der Waals surface area contributed by atoms with Crippen LogP contribution in [0.15, 0.2) is 35.1 Å². The van der Waals surface area contributed by atoms with E-state index < -0.39 is 5.82 Å². The van der Waals surface area contributed by atoms with Crippen molar-refractivity contribution in [2.45, 2.75) is 0 Å². The van der Waals surface area contributed by atoms with Crippen LogP contribution in [0.2, 0.25) is 5.02 Å². The third-order valence-electron chi connectivity index (χ3n) is 2.14. The highest BCUT2D eigenvalue weighted by molar-refractivity contribution is 9.10. The second-order valence-corrected chi connectivity index (χ2v) is 4.57. The normalized spacial score (nSPS) is 10.3. The predicted octanol–water partition coefficient (Wildman–Crippen LogP) is 3.96. The van der Waals surface area contributed by atoms with Gasteiger partial charge in [-0.15, -0.1) is 0 Å². The number of halogens is 3. The molecular formula is C11H8BrClFN3.